The predicted octanol–water partition coefficient (Wildman–Crippen LogP) is 2.12. The lowest BCUT2D eigenvalue weighted by atomic mass is 10.1. The molecule has 19 heavy (non-hydrogen) atoms. The Morgan fingerprint density at radius 3 is 2.63 bits per heavy atom. The molecule has 0 fully saturated rings. The third-order valence-corrected chi connectivity index (χ3v) is 4.61. The Kier molecular flexibility index (Phi) is 5.78. The molecular weight excluding hydrogens is 290 g/mol. The second-order valence-corrected chi connectivity index (χ2v) is 6.35. The van der Waals surface area contributed by atoms with Gasteiger partial charge in [0.25, 0.3) is 0 Å². The summed E-state index contributed by atoms with van der Waals surface area (Å²) >= 11 is 5.82. The van der Waals surface area contributed by atoms with Crippen LogP contribution >= 0.6 is 11.6 Å². The van der Waals surface area contributed by atoms with E-state index in [1.807, 2.05) is 0 Å². The number of nitrogens with one attached hydrogen (secondary N) is 1. The Morgan fingerprint density at radius 2 is 2.05 bits per heavy atom. The van der Waals surface area contributed by atoms with Gasteiger partial charge in [0.2, 0.25) is 10.0 Å². The summed E-state index contributed by atoms with van der Waals surface area (Å²) in [5.41, 5.74) is 0. The van der Waals surface area contributed by atoms with Gasteiger partial charge in [0.1, 0.15) is 4.90 Å². The van der Waals surface area contributed by atoms with Gasteiger partial charge in [-0.25, -0.2) is 13.1 Å². The highest BCUT2D eigenvalue weighted by molar-refractivity contribution is 7.89. The fourth-order valence-electron chi connectivity index (χ4n) is 1.48. The van der Waals surface area contributed by atoms with E-state index in [2.05, 4.69) is 4.72 Å². The topological polar surface area (TPSA) is 83.5 Å². The summed E-state index contributed by atoms with van der Waals surface area (Å²) in [6.07, 6.45) is 0.873. The van der Waals surface area contributed by atoms with Crippen LogP contribution in [-0.4, -0.2) is 26.0 Å². The Morgan fingerprint density at radius 1 is 1.42 bits per heavy atom. The lowest BCUT2D eigenvalue weighted by Gasteiger charge is -2.09. The van der Waals surface area contributed by atoms with Crippen LogP contribution in [0.3, 0.4) is 0 Å². The molecule has 2 N–H and O–H groups in total. The Hall–Kier alpha value is -1.11. The van der Waals surface area contributed by atoms with E-state index in [9.17, 15) is 13.2 Å². The maximum absolute atomic E-state index is 11.9. The quantitative estimate of drug-likeness (QED) is 0.756. The van der Waals surface area contributed by atoms with Crippen LogP contribution in [0.25, 0.3) is 0 Å². The average Bonchev–Trinajstić information content (AvgIpc) is 2.34. The van der Waals surface area contributed by atoms with Gasteiger partial charge in [-0.2, -0.15) is 0 Å². The monoisotopic (exact) mass is 305 g/mol. The number of hydrogen-bond acceptors (Lipinski definition) is 3. The molecule has 5 nitrogen and oxygen atoms in total. The molecule has 1 rings (SSSR count). The first kappa shape index (κ1) is 15.9. The Balaban J connectivity index is 2.53. The van der Waals surface area contributed by atoms with Crippen molar-refractivity contribution in [3.8, 4) is 0 Å². The van der Waals surface area contributed by atoms with Gasteiger partial charge in [-0.15, -0.1) is 0 Å². The summed E-state index contributed by atoms with van der Waals surface area (Å²) < 4.78 is 26.2. The summed E-state index contributed by atoms with van der Waals surface area (Å²) in [6.45, 7) is 1.77. The van der Waals surface area contributed by atoms with Crippen molar-refractivity contribution < 1.29 is 18.3 Å². The average molecular weight is 306 g/mol. The number of sulfonamides is 1. The van der Waals surface area contributed by atoms with Crippen LogP contribution in [0.1, 0.15) is 19.8 Å². The molecule has 7 heteroatoms. The molecule has 1 aromatic carbocycles. The van der Waals surface area contributed by atoms with Crippen LogP contribution in [-0.2, 0) is 14.8 Å². The molecule has 0 aliphatic rings. The lowest BCUT2D eigenvalue weighted by Crippen LogP contribution is -2.25. The number of carboxylic acid groups (broad SMARTS) is 1. The molecule has 1 aromatic rings. The fourth-order valence-corrected chi connectivity index (χ4v) is 3.07. The smallest absolute Gasteiger partial charge is 0.306 e. The van der Waals surface area contributed by atoms with Crippen molar-refractivity contribution in [2.24, 2.45) is 5.92 Å². The van der Waals surface area contributed by atoms with Crippen molar-refractivity contribution in [3.05, 3.63) is 29.3 Å². The normalized spacial score (nSPS) is 13.2. The SMILES string of the molecule is CC(CCCNS(=O)(=O)c1ccccc1Cl)C(=O)O. The van der Waals surface area contributed by atoms with Gasteiger partial charge in [-0.3, -0.25) is 4.79 Å². The van der Waals surface area contributed by atoms with Crippen molar-refractivity contribution >= 4 is 27.6 Å². The zero-order valence-corrected chi connectivity index (χ0v) is 12.0. The third-order valence-electron chi connectivity index (χ3n) is 2.65. The van der Waals surface area contributed by atoms with E-state index in [1.165, 1.54) is 12.1 Å². The number of hydrogen-bond donors (Lipinski definition) is 2. The van der Waals surface area contributed by atoms with Gasteiger partial charge in [-0.05, 0) is 25.0 Å². The molecule has 0 aliphatic carbocycles. The zero-order chi connectivity index (χ0) is 14.5. The van der Waals surface area contributed by atoms with Crippen molar-refractivity contribution in [1.29, 1.82) is 0 Å². The largest absolute Gasteiger partial charge is 0.481 e. The van der Waals surface area contributed by atoms with E-state index >= 15 is 0 Å². The number of carbonyl (C=O) groups is 1. The molecule has 106 valence electrons. The molecule has 0 saturated heterocycles. The molecule has 0 spiro atoms. The van der Waals surface area contributed by atoms with E-state index in [1.54, 1.807) is 19.1 Å². The van der Waals surface area contributed by atoms with E-state index in [4.69, 9.17) is 16.7 Å². The summed E-state index contributed by atoms with van der Waals surface area (Å²) in [5, 5.41) is 8.86. The molecule has 1 unspecified atom stereocenters. The lowest BCUT2D eigenvalue weighted by molar-refractivity contribution is -0.141. The minimum atomic E-state index is -3.64. The molecule has 1 atom stereocenters. The van der Waals surface area contributed by atoms with E-state index < -0.39 is 21.9 Å². The van der Waals surface area contributed by atoms with E-state index in [-0.39, 0.29) is 16.5 Å². The minimum absolute atomic E-state index is 0.0305. The van der Waals surface area contributed by atoms with Gasteiger partial charge in [0.15, 0.2) is 0 Å². The van der Waals surface area contributed by atoms with Crippen LogP contribution in [0.2, 0.25) is 5.02 Å². The molecule has 0 radical (unpaired) electrons. The molecule has 0 aromatic heterocycles. The second kappa shape index (κ2) is 6.88. The summed E-state index contributed by atoms with van der Waals surface area (Å²) in [7, 11) is -3.64. The van der Waals surface area contributed by atoms with Gasteiger partial charge in [0, 0.05) is 6.54 Å². The van der Waals surface area contributed by atoms with Crippen molar-refractivity contribution in [1.82, 2.24) is 4.72 Å². The molecule has 0 saturated carbocycles. The van der Waals surface area contributed by atoms with E-state index in [0.717, 1.165) is 0 Å². The number of benzene rings is 1. The highest BCUT2D eigenvalue weighted by Gasteiger charge is 2.17. The maximum Gasteiger partial charge on any atom is 0.306 e. The van der Waals surface area contributed by atoms with Gasteiger partial charge in [-0.1, -0.05) is 30.7 Å². The van der Waals surface area contributed by atoms with Crippen LogP contribution in [0.15, 0.2) is 29.2 Å². The third kappa shape index (κ3) is 4.81. The Labute approximate surface area is 117 Å². The van der Waals surface area contributed by atoms with Crippen LogP contribution in [0.4, 0.5) is 0 Å². The maximum atomic E-state index is 11.9. The molecule has 0 bridgehead atoms. The number of carboxylic acids is 1. The summed E-state index contributed by atoms with van der Waals surface area (Å²) in [5.74, 6) is -1.36. The first-order valence-corrected chi connectivity index (χ1v) is 7.67. The number of halogens is 1. The number of rotatable bonds is 7. The van der Waals surface area contributed by atoms with E-state index in [0.29, 0.717) is 12.8 Å². The van der Waals surface area contributed by atoms with Gasteiger partial charge < -0.3 is 5.11 Å². The summed E-state index contributed by atoms with van der Waals surface area (Å²) in [6, 6.07) is 6.16. The van der Waals surface area contributed by atoms with Crippen LogP contribution in [0, 0.1) is 5.92 Å². The van der Waals surface area contributed by atoms with Crippen molar-refractivity contribution in [2.75, 3.05) is 6.54 Å². The highest BCUT2D eigenvalue weighted by Crippen LogP contribution is 2.20. The molecular formula is C12H16ClNO4S. The predicted molar refractivity (Wildman–Crippen MR) is 72.7 cm³/mol. The van der Waals surface area contributed by atoms with Gasteiger partial charge >= 0.3 is 5.97 Å². The first-order chi connectivity index (χ1) is 8.84. The van der Waals surface area contributed by atoms with Crippen LogP contribution < -0.4 is 4.72 Å². The number of aliphatic carboxylic acids is 1. The van der Waals surface area contributed by atoms with Crippen molar-refractivity contribution in [2.45, 2.75) is 24.7 Å². The highest BCUT2D eigenvalue weighted by atomic mass is 35.5. The second-order valence-electron chi connectivity index (χ2n) is 4.21. The summed E-state index contributed by atoms with van der Waals surface area (Å²) in [4.78, 5) is 10.6. The Bertz CT molecular complexity index is 544. The van der Waals surface area contributed by atoms with Gasteiger partial charge in [0.05, 0.1) is 10.9 Å². The zero-order valence-electron chi connectivity index (χ0n) is 10.5. The molecule has 0 heterocycles. The first-order valence-electron chi connectivity index (χ1n) is 5.81. The molecule has 0 aliphatic heterocycles. The molecule has 0 amide bonds. The van der Waals surface area contributed by atoms with Crippen LogP contribution in [0.5, 0.6) is 0 Å². The van der Waals surface area contributed by atoms with Crippen molar-refractivity contribution in [3.63, 3.8) is 0 Å². The minimum Gasteiger partial charge on any atom is -0.481 e. The fraction of sp³-hybridized carbons (Fsp3) is 0.417. The standard InChI is InChI=1S/C12H16ClNO4S/c1-9(12(15)16)5-4-8-14-19(17,18)11-7-3-2-6-10(11)13/h2-3,6-7,9,14H,4-5,8H2,1H3,(H,15,16).